The van der Waals surface area contributed by atoms with E-state index in [1.54, 1.807) is 0 Å². The molecule has 0 aliphatic carbocycles. The zero-order valence-corrected chi connectivity index (χ0v) is 7.52. The van der Waals surface area contributed by atoms with Crippen molar-refractivity contribution in [3.05, 3.63) is 35.1 Å². The van der Waals surface area contributed by atoms with Crippen LogP contribution in [0, 0.1) is 17.5 Å². The monoisotopic (exact) mass is 205 g/mol. The van der Waals surface area contributed by atoms with Crippen LogP contribution in [0.15, 0.2) is 12.1 Å². The Morgan fingerprint density at radius 1 is 1.29 bits per heavy atom. The van der Waals surface area contributed by atoms with Gasteiger partial charge in [-0.3, -0.25) is 0 Å². The first-order valence-corrected chi connectivity index (χ1v) is 3.94. The first-order valence-electron chi connectivity index (χ1n) is 3.94. The van der Waals surface area contributed by atoms with Gasteiger partial charge in [-0.15, -0.1) is 0 Å². The van der Waals surface area contributed by atoms with Gasteiger partial charge < -0.3 is 10.8 Å². The predicted molar refractivity (Wildman–Crippen MR) is 44.9 cm³/mol. The van der Waals surface area contributed by atoms with Gasteiger partial charge in [-0.2, -0.15) is 0 Å². The van der Waals surface area contributed by atoms with Crippen LogP contribution >= 0.6 is 0 Å². The van der Waals surface area contributed by atoms with Crippen LogP contribution in [0.1, 0.15) is 12.5 Å². The lowest BCUT2D eigenvalue weighted by Gasteiger charge is -2.22. The molecule has 0 unspecified atom stereocenters. The average molecular weight is 205 g/mol. The molecule has 0 bridgehead atoms. The van der Waals surface area contributed by atoms with Crippen molar-refractivity contribution in [1.82, 2.24) is 0 Å². The molecule has 1 rings (SSSR count). The number of aliphatic hydroxyl groups excluding tert-OH is 1. The van der Waals surface area contributed by atoms with Crippen LogP contribution < -0.4 is 5.73 Å². The Kier molecular flexibility index (Phi) is 2.82. The second kappa shape index (κ2) is 3.59. The molecular formula is C9H10F3NO. The van der Waals surface area contributed by atoms with Crippen LogP contribution in [0.5, 0.6) is 0 Å². The summed E-state index contributed by atoms with van der Waals surface area (Å²) in [5.74, 6) is -4.21. The van der Waals surface area contributed by atoms with E-state index in [-0.39, 0.29) is 5.56 Å². The summed E-state index contributed by atoms with van der Waals surface area (Å²) >= 11 is 0. The lowest BCUT2D eigenvalue weighted by Crippen LogP contribution is -2.38. The van der Waals surface area contributed by atoms with E-state index in [1.807, 2.05) is 0 Å². The summed E-state index contributed by atoms with van der Waals surface area (Å²) in [5, 5.41) is 8.82. The molecule has 0 aromatic heterocycles. The van der Waals surface area contributed by atoms with Crippen molar-refractivity contribution in [2.45, 2.75) is 12.5 Å². The molecule has 0 saturated carbocycles. The van der Waals surface area contributed by atoms with E-state index in [0.717, 1.165) is 12.1 Å². The molecule has 1 aromatic rings. The topological polar surface area (TPSA) is 46.2 Å². The van der Waals surface area contributed by atoms with E-state index in [4.69, 9.17) is 10.8 Å². The number of rotatable bonds is 2. The first-order chi connectivity index (χ1) is 6.40. The highest BCUT2D eigenvalue weighted by atomic mass is 19.2. The molecule has 0 aliphatic rings. The number of hydrogen-bond acceptors (Lipinski definition) is 2. The van der Waals surface area contributed by atoms with Gasteiger partial charge in [0.05, 0.1) is 12.1 Å². The fraction of sp³-hybridized carbons (Fsp3) is 0.333. The van der Waals surface area contributed by atoms with E-state index in [1.165, 1.54) is 6.92 Å². The molecule has 0 radical (unpaired) electrons. The Hall–Kier alpha value is -1.07. The third-order valence-corrected chi connectivity index (χ3v) is 1.98. The molecule has 0 heterocycles. The summed E-state index contributed by atoms with van der Waals surface area (Å²) in [6.45, 7) is 0.762. The van der Waals surface area contributed by atoms with Crippen molar-refractivity contribution in [2.75, 3.05) is 6.61 Å². The van der Waals surface area contributed by atoms with Gasteiger partial charge in [0.2, 0.25) is 0 Å². The Labute approximate surface area is 79.2 Å². The summed E-state index contributed by atoms with van der Waals surface area (Å²) in [4.78, 5) is 0. The van der Waals surface area contributed by atoms with Crippen LogP contribution in [-0.4, -0.2) is 11.7 Å². The minimum atomic E-state index is -1.58. The van der Waals surface area contributed by atoms with Crippen LogP contribution in [0.25, 0.3) is 0 Å². The smallest absolute Gasteiger partial charge is 0.194 e. The lowest BCUT2D eigenvalue weighted by molar-refractivity contribution is 0.205. The molecule has 1 aromatic carbocycles. The van der Waals surface area contributed by atoms with Gasteiger partial charge in [0.1, 0.15) is 0 Å². The zero-order valence-electron chi connectivity index (χ0n) is 7.52. The standard InChI is InChI=1S/C9H10F3NO/c1-9(13,4-14)5-2-3-6(10)8(12)7(5)11/h2-3,14H,4,13H2,1H3/t9-/m1/s1. The summed E-state index contributed by atoms with van der Waals surface area (Å²) in [6.07, 6.45) is 0. The van der Waals surface area contributed by atoms with Crippen LogP contribution in [-0.2, 0) is 5.54 Å². The van der Waals surface area contributed by atoms with E-state index in [2.05, 4.69) is 0 Å². The van der Waals surface area contributed by atoms with Crippen molar-refractivity contribution in [1.29, 1.82) is 0 Å². The van der Waals surface area contributed by atoms with E-state index < -0.39 is 29.6 Å². The maximum Gasteiger partial charge on any atom is 0.194 e. The second-order valence-electron chi connectivity index (χ2n) is 3.30. The van der Waals surface area contributed by atoms with Crippen LogP contribution in [0.2, 0.25) is 0 Å². The Bertz CT molecular complexity index is 352. The minimum Gasteiger partial charge on any atom is -0.394 e. The summed E-state index contributed by atoms with van der Waals surface area (Å²) in [7, 11) is 0. The molecule has 0 spiro atoms. The largest absolute Gasteiger partial charge is 0.394 e. The summed E-state index contributed by atoms with van der Waals surface area (Å²) < 4.78 is 38.4. The fourth-order valence-corrected chi connectivity index (χ4v) is 1.05. The van der Waals surface area contributed by atoms with Gasteiger partial charge in [0, 0.05) is 5.56 Å². The SMILES string of the molecule is C[C@@](N)(CO)c1ccc(F)c(F)c1F. The predicted octanol–water partition coefficient (Wildman–Crippen LogP) is 1.27. The quantitative estimate of drug-likeness (QED) is 0.714. The zero-order chi connectivity index (χ0) is 10.9. The Morgan fingerprint density at radius 3 is 2.36 bits per heavy atom. The average Bonchev–Trinajstić information content (AvgIpc) is 2.14. The molecule has 78 valence electrons. The number of benzene rings is 1. The third-order valence-electron chi connectivity index (χ3n) is 1.98. The minimum absolute atomic E-state index is 0.251. The molecule has 0 fully saturated rings. The van der Waals surface area contributed by atoms with Crippen LogP contribution in [0.4, 0.5) is 13.2 Å². The molecule has 14 heavy (non-hydrogen) atoms. The van der Waals surface area contributed by atoms with E-state index in [9.17, 15) is 13.2 Å². The van der Waals surface area contributed by atoms with Crippen molar-refractivity contribution in [2.24, 2.45) is 5.73 Å². The highest BCUT2D eigenvalue weighted by Gasteiger charge is 2.26. The number of hydrogen-bond donors (Lipinski definition) is 2. The van der Waals surface area contributed by atoms with E-state index >= 15 is 0 Å². The van der Waals surface area contributed by atoms with Crippen molar-refractivity contribution in [3.63, 3.8) is 0 Å². The van der Waals surface area contributed by atoms with Gasteiger partial charge in [-0.05, 0) is 13.0 Å². The molecule has 0 aliphatic heterocycles. The van der Waals surface area contributed by atoms with Gasteiger partial charge >= 0.3 is 0 Å². The van der Waals surface area contributed by atoms with Crippen molar-refractivity contribution >= 4 is 0 Å². The maximum atomic E-state index is 13.1. The highest BCUT2D eigenvalue weighted by molar-refractivity contribution is 5.27. The summed E-state index contributed by atoms with van der Waals surface area (Å²) in [6, 6.07) is 1.79. The normalized spacial score (nSPS) is 15.3. The molecule has 1 atom stereocenters. The Morgan fingerprint density at radius 2 is 1.86 bits per heavy atom. The summed E-state index contributed by atoms with van der Waals surface area (Å²) in [5.41, 5.74) is 3.81. The van der Waals surface area contributed by atoms with Gasteiger partial charge in [0.15, 0.2) is 17.5 Å². The molecule has 3 N–H and O–H groups in total. The molecule has 0 saturated heterocycles. The van der Waals surface area contributed by atoms with Crippen molar-refractivity contribution in [3.8, 4) is 0 Å². The van der Waals surface area contributed by atoms with E-state index in [0.29, 0.717) is 0 Å². The lowest BCUT2D eigenvalue weighted by atomic mass is 9.93. The Balaban J connectivity index is 3.31. The number of nitrogens with two attached hydrogens (primary N) is 1. The number of halogens is 3. The van der Waals surface area contributed by atoms with Gasteiger partial charge in [-0.1, -0.05) is 6.07 Å². The molecular weight excluding hydrogens is 195 g/mol. The third kappa shape index (κ3) is 1.73. The van der Waals surface area contributed by atoms with Crippen molar-refractivity contribution < 1.29 is 18.3 Å². The van der Waals surface area contributed by atoms with Crippen LogP contribution in [0.3, 0.4) is 0 Å². The van der Waals surface area contributed by atoms with Gasteiger partial charge in [-0.25, -0.2) is 13.2 Å². The first kappa shape index (κ1) is 11.0. The molecule has 2 nitrogen and oxygen atoms in total. The fourth-order valence-electron chi connectivity index (χ4n) is 1.05. The second-order valence-corrected chi connectivity index (χ2v) is 3.30. The number of aliphatic hydroxyl groups is 1. The van der Waals surface area contributed by atoms with Gasteiger partial charge in [0.25, 0.3) is 0 Å². The maximum absolute atomic E-state index is 13.1. The highest BCUT2D eigenvalue weighted by Crippen LogP contribution is 2.23. The molecule has 0 amide bonds. The molecule has 5 heteroatoms.